The van der Waals surface area contributed by atoms with Crippen molar-refractivity contribution in [3.63, 3.8) is 0 Å². The van der Waals surface area contributed by atoms with Crippen molar-refractivity contribution in [2.75, 3.05) is 6.54 Å². The molecule has 0 aliphatic carbocycles. The van der Waals surface area contributed by atoms with E-state index in [0.29, 0.717) is 5.56 Å². The maximum absolute atomic E-state index is 12.8. The average molecular weight is 225 g/mol. The summed E-state index contributed by atoms with van der Waals surface area (Å²) in [7, 11) is 0. The molecule has 1 aromatic rings. The van der Waals surface area contributed by atoms with Crippen molar-refractivity contribution >= 4 is 24.0 Å². The Morgan fingerprint density at radius 1 is 1.46 bits per heavy atom. The third-order valence-electron chi connectivity index (χ3n) is 1.63. The van der Waals surface area contributed by atoms with E-state index in [-0.39, 0.29) is 24.0 Å². The lowest BCUT2D eigenvalue weighted by atomic mass is 10.1. The predicted molar refractivity (Wildman–Crippen MR) is 54.6 cm³/mol. The van der Waals surface area contributed by atoms with Gasteiger partial charge in [-0.1, -0.05) is 23.7 Å². The molecule has 0 amide bonds. The van der Waals surface area contributed by atoms with Crippen LogP contribution in [-0.2, 0) is 0 Å². The second-order valence-electron chi connectivity index (χ2n) is 2.49. The van der Waals surface area contributed by atoms with Crippen LogP contribution in [0.3, 0.4) is 0 Å². The quantitative estimate of drug-likeness (QED) is 0.807. The van der Waals surface area contributed by atoms with Crippen molar-refractivity contribution in [3.8, 4) is 0 Å². The van der Waals surface area contributed by atoms with E-state index in [1.165, 1.54) is 6.07 Å². The van der Waals surface area contributed by atoms with Gasteiger partial charge in [0, 0.05) is 12.6 Å². The lowest BCUT2D eigenvalue weighted by molar-refractivity contribution is 0.620. The molecular weight excluding hydrogens is 214 g/mol. The van der Waals surface area contributed by atoms with Crippen LogP contribution in [0.4, 0.5) is 4.39 Å². The first-order valence-electron chi connectivity index (χ1n) is 3.56. The molecule has 0 fully saturated rings. The van der Waals surface area contributed by atoms with Crippen LogP contribution in [0.25, 0.3) is 0 Å². The summed E-state index contributed by atoms with van der Waals surface area (Å²) in [6, 6.07) is 4.12. The second kappa shape index (κ2) is 5.40. The molecule has 0 aliphatic rings. The van der Waals surface area contributed by atoms with Crippen molar-refractivity contribution in [2.45, 2.75) is 6.04 Å². The zero-order valence-corrected chi connectivity index (χ0v) is 8.41. The van der Waals surface area contributed by atoms with Gasteiger partial charge in [-0.3, -0.25) is 0 Å². The first-order chi connectivity index (χ1) is 5.66. The van der Waals surface area contributed by atoms with E-state index in [4.69, 9.17) is 23.1 Å². The van der Waals surface area contributed by atoms with Gasteiger partial charge in [0.2, 0.25) is 0 Å². The highest BCUT2D eigenvalue weighted by molar-refractivity contribution is 6.31. The molecule has 1 rings (SSSR count). The fourth-order valence-corrected chi connectivity index (χ4v) is 1.20. The van der Waals surface area contributed by atoms with Gasteiger partial charge in [0.1, 0.15) is 5.82 Å². The third-order valence-corrected chi connectivity index (χ3v) is 2.03. The number of hydrogen-bond acceptors (Lipinski definition) is 2. The molecule has 0 heterocycles. The molecule has 0 aliphatic heterocycles. The van der Waals surface area contributed by atoms with E-state index in [9.17, 15) is 4.39 Å². The Balaban J connectivity index is 0.00000144. The molecule has 0 aromatic heterocycles. The summed E-state index contributed by atoms with van der Waals surface area (Å²) in [6.45, 7) is 0.253. The summed E-state index contributed by atoms with van der Waals surface area (Å²) < 4.78 is 12.8. The molecule has 0 spiro atoms. The Kier molecular flexibility index (Phi) is 5.25. The van der Waals surface area contributed by atoms with Crippen molar-refractivity contribution in [3.05, 3.63) is 34.6 Å². The molecule has 2 nitrogen and oxygen atoms in total. The third kappa shape index (κ3) is 2.81. The van der Waals surface area contributed by atoms with E-state index >= 15 is 0 Å². The van der Waals surface area contributed by atoms with Gasteiger partial charge in [-0.2, -0.15) is 0 Å². The lowest BCUT2D eigenvalue weighted by Crippen LogP contribution is -2.21. The van der Waals surface area contributed by atoms with Gasteiger partial charge in [0.15, 0.2) is 0 Å². The van der Waals surface area contributed by atoms with Gasteiger partial charge in [0.05, 0.1) is 5.02 Å². The number of rotatable bonds is 2. The van der Waals surface area contributed by atoms with Gasteiger partial charge in [-0.15, -0.1) is 12.4 Å². The Hall–Kier alpha value is -0.350. The smallest absolute Gasteiger partial charge is 0.142 e. The normalized spacial score (nSPS) is 12.0. The molecule has 0 unspecified atom stereocenters. The topological polar surface area (TPSA) is 52.0 Å². The summed E-state index contributed by atoms with van der Waals surface area (Å²) in [4.78, 5) is 0. The molecule has 0 radical (unpaired) electrons. The van der Waals surface area contributed by atoms with E-state index in [1.807, 2.05) is 0 Å². The van der Waals surface area contributed by atoms with E-state index in [0.717, 1.165) is 0 Å². The number of hydrogen-bond donors (Lipinski definition) is 2. The zero-order valence-electron chi connectivity index (χ0n) is 6.84. The maximum atomic E-state index is 12.8. The van der Waals surface area contributed by atoms with Crippen LogP contribution in [0.15, 0.2) is 18.2 Å². The molecule has 5 heteroatoms. The lowest BCUT2D eigenvalue weighted by Gasteiger charge is -2.10. The number of nitrogens with two attached hydrogens (primary N) is 2. The largest absolute Gasteiger partial charge is 0.329 e. The standard InChI is InChI=1S/C8H10ClFN2.ClH/c9-8-5(7(12)4-11)2-1-3-6(8)10;/h1-3,7H,4,11-12H2;1H/t7-;/m0./s1. The van der Waals surface area contributed by atoms with Gasteiger partial charge in [0.25, 0.3) is 0 Å². The maximum Gasteiger partial charge on any atom is 0.142 e. The summed E-state index contributed by atoms with van der Waals surface area (Å²) in [5.74, 6) is -0.460. The first kappa shape index (κ1) is 12.7. The Morgan fingerprint density at radius 3 is 2.62 bits per heavy atom. The number of benzene rings is 1. The number of halogens is 3. The summed E-state index contributed by atoms with van der Waals surface area (Å²) in [5.41, 5.74) is 11.5. The minimum atomic E-state index is -0.460. The molecule has 74 valence electrons. The molecular formula is C8H11Cl2FN2. The van der Waals surface area contributed by atoms with Crippen LogP contribution >= 0.6 is 24.0 Å². The summed E-state index contributed by atoms with van der Waals surface area (Å²) in [5, 5.41) is 0.0652. The van der Waals surface area contributed by atoms with Crippen LogP contribution < -0.4 is 11.5 Å². The molecule has 1 aromatic carbocycles. The van der Waals surface area contributed by atoms with E-state index in [2.05, 4.69) is 0 Å². The first-order valence-corrected chi connectivity index (χ1v) is 3.94. The van der Waals surface area contributed by atoms with Crippen molar-refractivity contribution in [1.29, 1.82) is 0 Å². The minimum Gasteiger partial charge on any atom is -0.329 e. The molecule has 1 atom stereocenters. The van der Waals surface area contributed by atoms with Crippen molar-refractivity contribution in [1.82, 2.24) is 0 Å². The molecule has 0 saturated heterocycles. The minimum absolute atomic E-state index is 0. The Morgan fingerprint density at radius 2 is 2.08 bits per heavy atom. The molecule has 0 bridgehead atoms. The summed E-state index contributed by atoms with van der Waals surface area (Å²) >= 11 is 5.66. The van der Waals surface area contributed by atoms with Gasteiger partial charge >= 0.3 is 0 Å². The molecule has 4 N–H and O–H groups in total. The van der Waals surface area contributed by atoms with Crippen LogP contribution in [0, 0.1) is 5.82 Å². The highest BCUT2D eigenvalue weighted by Gasteiger charge is 2.10. The van der Waals surface area contributed by atoms with Gasteiger partial charge in [-0.25, -0.2) is 4.39 Å². The van der Waals surface area contributed by atoms with Gasteiger partial charge in [-0.05, 0) is 11.6 Å². The molecule has 0 saturated carbocycles. The van der Waals surface area contributed by atoms with Gasteiger partial charge < -0.3 is 11.5 Å². The average Bonchev–Trinajstić information content (AvgIpc) is 2.08. The van der Waals surface area contributed by atoms with Crippen molar-refractivity contribution < 1.29 is 4.39 Å². The Bertz CT molecular complexity index is 281. The highest BCUT2D eigenvalue weighted by atomic mass is 35.5. The highest BCUT2D eigenvalue weighted by Crippen LogP contribution is 2.23. The predicted octanol–water partition coefficient (Wildman–Crippen LogP) is 1.86. The van der Waals surface area contributed by atoms with Crippen LogP contribution in [0.2, 0.25) is 5.02 Å². The fourth-order valence-electron chi connectivity index (χ4n) is 0.934. The summed E-state index contributed by atoms with van der Waals surface area (Å²) in [6.07, 6.45) is 0. The fraction of sp³-hybridized carbons (Fsp3) is 0.250. The monoisotopic (exact) mass is 224 g/mol. The van der Waals surface area contributed by atoms with Crippen LogP contribution in [0.5, 0.6) is 0 Å². The second-order valence-corrected chi connectivity index (χ2v) is 2.86. The zero-order chi connectivity index (χ0) is 9.14. The van der Waals surface area contributed by atoms with Crippen LogP contribution in [-0.4, -0.2) is 6.54 Å². The van der Waals surface area contributed by atoms with E-state index in [1.54, 1.807) is 12.1 Å². The van der Waals surface area contributed by atoms with Crippen molar-refractivity contribution in [2.24, 2.45) is 11.5 Å². The van der Waals surface area contributed by atoms with Crippen LogP contribution in [0.1, 0.15) is 11.6 Å². The SMILES string of the molecule is Cl.NC[C@H](N)c1cccc(F)c1Cl. The molecule has 13 heavy (non-hydrogen) atoms. The van der Waals surface area contributed by atoms with E-state index < -0.39 is 11.9 Å². The Labute approximate surface area is 87.5 Å².